The molecule has 0 saturated heterocycles. The molecule has 28 heavy (non-hydrogen) atoms. The fourth-order valence-electron chi connectivity index (χ4n) is 3.13. The first-order valence-corrected chi connectivity index (χ1v) is 9.40. The van der Waals surface area contributed by atoms with Gasteiger partial charge in [0.15, 0.2) is 0 Å². The first-order chi connectivity index (χ1) is 13.5. The number of carbonyl (C=O) groups excluding carboxylic acids is 1. The van der Waals surface area contributed by atoms with Crippen LogP contribution in [0.3, 0.4) is 0 Å². The third-order valence-corrected chi connectivity index (χ3v) is 4.76. The second-order valence-electron chi connectivity index (χ2n) is 6.45. The van der Waals surface area contributed by atoms with Crippen molar-refractivity contribution in [2.24, 2.45) is 0 Å². The number of amides is 1. The van der Waals surface area contributed by atoms with E-state index in [-0.39, 0.29) is 11.7 Å². The number of nitrogens with zero attached hydrogens (tertiary/aromatic N) is 1. The third-order valence-electron chi connectivity index (χ3n) is 4.51. The average molecular weight is 401 g/mol. The van der Waals surface area contributed by atoms with Gasteiger partial charge in [-0.05, 0) is 55.3 Å². The van der Waals surface area contributed by atoms with Crippen LogP contribution in [0.2, 0.25) is 5.02 Å². The molecule has 0 atom stereocenters. The molecule has 1 N–H and O–H groups in total. The number of ether oxygens (including phenoxy) is 1. The first kappa shape index (κ1) is 20.1. The van der Waals surface area contributed by atoms with E-state index in [2.05, 4.69) is 5.32 Å². The maximum absolute atomic E-state index is 13.9. The summed E-state index contributed by atoms with van der Waals surface area (Å²) in [4.78, 5) is 12.7. The van der Waals surface area contributed by atoms with Gasteiger partial charge < -0.3 is 14.6 Å². The van der Waals surface area contributed by atoms with Crippen molar-refractivity contribution in [3.05, 3.63) is 76.7 Å². The molecule has 4 nitrogen and oxygen atoms in total. The van der Waals surface area contributed by atoms with Gasteiger partial charge in [0.25, 0.3) is 5.91 Å². The SMILES string of the molecule is COCCCNC(=O)c1cc(-c2ccc(Cl)cc2)n(-c2cccc(F)c2)c1C. The summed E-state index contributed by atoms with van der Waals surface area (Å²) in [5.74, 6) is -0.503. The van der Waals surface area contributed by atoms with Crippen molar-refractivity contribution in [1.29, 1.82) is 0 Å². The van der Waals surface area contributed by atoms with Crippen molar-refractivity contribution in [1.82, 2.24) is 9.88 Å². The first-order valence-electron chi connectivity index (χ1n) is 9.02. The standard InChI is InChI=1S/C22H22ClFN2O2/c1-15-20(22(27)25-11-4-12-28-2)14-21(16-7-9-17(23)10-8-16)26(15)19-6-3-5-18(24)13-19/h3,5-10,13-14H,4,11-12H2,1-2H3,(H,25,27). The van der Waals surface area contributed by atoms with E-state index in [1.165, 1.54) is 12.1 Å². The number of hydrogen-bond acceptors (Lipinski definition) is 2. The number of aromatic nitrogens is 1. The lowest BCUT2D eigenvalue weighted by Crippen LogP contribution is -2.25. The van der Waals surface area contributed by atoms with E-state index < -0.39 is 0 Å². The molecule has 6 heteroatoms. The van der Waals surface area contributed by atoms with Crippen LogP contribution in [0, 0.1) is 12.7 Å². The Bertz CT molecular complexity index is 967. The molecule has 0 aliphatic rings. The Morgan fingerprint density at radius 3 is 2.61 bits per heavy atom. The van der Waals surface area contributed by atoms with Gasteiger partial charge in [-0.25, -0.2) is 4.39 Å². The summed E-state index contributed by atoms with van der Waals surface area (Å²) in [5, 5.41) is 3.54. The lowest BCUT2D eigenvalue weighted by atomic mass is 10.1. The lowest BCUT2D eigenvalue weighted by molar-refractivity contribution is 0.0948. The van der Waals surface area contributed by atoms with Crippen LogP contribution >= 0.6 is 11.6 Å². The highest BCUT2D eigenvalue weighted by Gasteiger charge is 2.19. The maximum Gasteiger partial charge on any atom is 0.253 e. The van der Waals surface area contributed by atoms with Gasteiger partial charge in [0.2, 0.25) is 0 Å². The minimum absolute atomic E-state index is 0.168. The average Bonchev–Trinajstić information content (AvgIpc) is 3.03. The predicted molar refractivity (Wildman–Crippen MR) is 110 cm³/mol. The Kier molecular flexibility index (Phi) is 6.49. The van der Waals surface area contributed by atoms with E-state index in [1.54, 1.807) is 25.3 Å². The molecule has 0 unspecified atom stereocenters. The van der Waals surface area contributed by atoms with E-state index in [9.17, 15) is 9.18 Å². The zero-order valence-corrected chi connectivity index (χ0v) is 16.6. The number of methoxy groups -OCH3 is 1. The molecule has 1 aromatic heterocycles. The van der Waals surface area contributed by atoms with Crippen LogP contribution in [0.4, 0.5) is 4.39 Å². The van der Waals surface area contributed by atoms with Gasteiger partial charge in [0.1, 0.15) is 5.82 Å². The van der Waals surface area contributed by atoms with Gasteiger partial charge in [-0.1, -0.05) is 29.8 Å². The Morgan fingerprint density at radius 1 is 1.18 bits per heavy atom. The summed E-state index contributed by atoms with van der Waals surface area (Å²) in [6, 6.07) is 15.5. The van der Waals surface area contributed by atoms with E-state index in [0.29, 0.717) is 29.4 Å². The number of hydrogen-bond donors (Lipinski definition) is 1. The summed E-state index contributed by atoms with van der Waals surface area (Å²) in [6.07, 6.45) is 0.732. The fraction of sp³-hybridized carbons (Fsp3) is 0.227. The van der Waals surface area contributed by atoms with E-state index in [0.717, 1.165) is 23.4 Å². The second kappa shape index (κ2) is 9.04. The van der Waals surface area contributed by atoms with Crippen molar-refractivity contribution in [3.8, 4) is 16.9 Å². The van der Waals surface area contributed by atoms with Gasteiger partial charge >= 0.3 is 0 Å². The molecule has 3 aromatic rings. The van der Waals surface area contributed by atoms with Gasteiger partial charge in [0, 0.05) is 36.7 Å². The smallest absolute Gasteiger partial charge is 0.253 e. The molecule has 2 aromatic carbocycles. The summed E-state index contributed by atoms with van der Waals surface area (Å²) < 4.78 is 20.8. The number of benzene rings is 2. The highest BCUT2D eigenvalue weighted by molar-refractivity contribution is 6.30. The fourth-order valence-corrected chi connectivity index (χ4v) is 3.26. The van der Waals surface area contributed by atoms with Crippen molar-refractivity contribution in [2.75, 3.05) is 20.3 Å². The number of carbonyl (C=O) groups is 1. The Labute approximate surface area is 168 Å². The minimum Gasteiger partial charge on any atom is -0.385 e. The molecule has 0 radical (unpaired) electrons. The highest BCUT2D eigenvalue weighted by Crippen LogP contribution is 2.30. The summed E-state index contributed by atoms with van der Waals surface area (Å²) in [5.41, 5.74) is 3.62. The molecular formula is C22H22ClFN2O2. The third kappa shape index (κ3) is 4.43. The van der Waals surface area contributed by atoms with Gasteiger partial charge in [-0.2, -0.15) is 0 Å². The highest BCUT2D eigenvalue weighted by atomic mass is 35.5. The van der Waals surface area contributed by atoms with Crippen LogP contribution < -0.4 is 5.32 Å². The normalized spacial score (nSPS) is 10.9. The van der Waals surface area contributed by atoms with E-state index >= 15 is 0 Å². The molecule has 0 aliphatic heterocycles. The Hall–Kier alpha value is -2.63. The van der Waals surface area contributed by atoms with Gasteiger partial charge in [-0.3, -0.25) is 4.79 Å². The van der Waals surface area contributed by atoms with Crippen LogP contribution in [0.5, 0.6) is 0 Å². The molecule has 0 fully saturated rings. The molecular weight excluding hydrogens is 379 g/mol. The summed E-state index contributed by atoms with van der Waals surface area (Å²) in [6.45, 7) is 2.96. The van der Waals surface area contributed by atoms with Crippen LogP contribution in [0.15, 0.2) is 54.6 Å². The van der Waals surface area contributed by atoms with Crippen molar-refractivity contribution in [3.63, 3.8) is 0 Å². The zero-order valence-electron chi connectivity index (χ0n) is 15.8. The topological polar surface area (TPSA) is 43.3 Å². The molecule has 0 saturated carbocycles. The summed E-state index contributed by atoms with van der Waals surface area (Å²) in [7, 11) is 1.63. The molecule has 3 rings (SSSR count). The van der Waals surface area contributed by atoms with Crippen LogP contribution in [0.1, 0.15) is 22.5 Å². The van der Waals surface area contributed by atoms with Crippen molar-refractivity contribution >= 4 is 17.5 Å². The zero-order chi connectivity index (χ0) is 20.1. The Balaban J connectivity index is 2.04. The monoisotopic (exact) mass is 400 g/mol. The maximum atomic E-state index is 13.9. The largest absolute Gasteiger partial charge is 0.385 e. The molecule has 146 valence electrons. The Morgan fingerprint density at radius 2 is 1.93 bits per heavy atom. The van der Waals surface area contributed by atoms with Crippen molar-refractivity contribution in [2.45, 2.75) is 13.3 Å². The van der Waals surface area contributed by atoms with E-state index in [4.69, 9.17) is 16.3 Å². The van der Waals surface area contributed by atoms with Gasteiger partial charge in [-0.15, -0.1) is 0 Å². The number of halogens is 2. The van der Waals surface area contributed by atoms with Gasteiger partial charge in [0.05, 0.1) is 11.3 Å². The molecule has 0 aliphatic carbocycles. The number of rotatable bonds is 7. The van der Waals surface area contributed by atoms with Crippen LogP contribution in [0.25, 0.3) is 16.9 Å². The lowest BCUT2D eigenvalue weighted by Gasteiger charge is -2.13. The summed E-state index contributed by atoms with van der Waals surface area (Å²) >= 11 is 6.02. The molecule has 1 heterocycles. The minimum atomic E-state index is -0.335. The van der Waals surface area contributed by atoms with Crippen LogP contribution in [-0.4, -0.2) is 30.7 Å². The van der Waals surface area contributed by atoms with E-state index in [1.807, 2.05) is 35.8 Å². The molecule has 0 bridgehead atoms. The number of nitrogens with one attached hydrogen (secondary N) is 1. The quantitative estimate of drug-likeness (QED) is 0.566. The molecule has 1 amide bonds. The second-order valence-corrected chi connectivity index (χ2v) is 6.89. The molecule has 0 spiro atoms. The van der Waals surface area contributed by atoms with Crippen LogP contribution in [-0.2, 0) is 4.74 Å². The predicted octanol–water partition coefficient (Wildman–Crippen LogP) is 5.01. The van der Waals surface area contributed by atoms with Crippen molar-refractivity contribution < 1.29 is 13.9 Å².